The van der Waals surface area contributed by atoms with Crippen LogP contribution in [0.4, 0.5) is 11.9 Å². The molecule has 0 saturated heterocycles. The number of benzene rings is 2. The van der Waals surface area contributed by atoms with Crippen LogP contribution in [0.5, 0.6) is 0 Å². The van der Waals surface area contributed by atoms with E-state index in [1.165, 1.54) is 10.9 Å². The van der Waals surface area contributed by atoms with Gasteiger partial charge in [0.15, 0.2) is 0 Å². The first-order chi connectivity index (χ1) is 15.1. The van der Waals surface area contributed by atoms with E-state index in [4.69, 9.17) is 23.2 Å². The second-order valence-electron chi connectivity index (χ2n) is 6.61. The minimum atomic E-state index is -0.354. The van der Waals surface area contributed by atoms with Crippen molar-refractivity contribution in [3.63, 3.8) is 0 Å². The Balaban J connectivity index is 1.59. The molecule has 2 aromatic heterocycles. The van der Waals surface area contributed by atoms with E-state index in [0.29, 0.717) is 34.6 Å². The highest BCUT2D eigenvalue weighted by molar-refractivity contribution is 6.31. The maximum atomic E-state index is 13.0. The average Bonchev–Trinajstić information content (AvgIpc) is 3.21. The number of nitrogens with one attached hydrogen (secondary N) is 2. The van der Waals surface area contributed by atoms with Crippen molar-refractivity contribution < 1.29 is 4.79 Å². The Morgan fingerprint density at radius 3 is 2.13 bits per heavy atom. The molecule has 0 bridgehead atoms. The van der Waals surface area contributed by atoms with Gasteiger partial charge in [-0.25, -0.2) is 0 Å². The summed E-state index contributed by atoms with van der Waals surface area (Å²) in [4.78, 5) is 21.4. The van der Waals surface area contributed by atoms with Crippen LogP contribution in [0.15, 0.2) is 73.1 Å². The van der Waals surface area contributed by atoms with E-state index in [9.17, 15) is 4.79 Å². The van der Waals surface area contributed by atoms with Crippen molar-refractivity contribution in [3.05, 3.63) is 99.8 Å². The van der Waals surface area contributed by atoms with Crippen molar-refractivity contribution in [1.82, 2.24) is 19.7 Å². The van der Waals surface area contributed by atoms with Gasteiger partial charge in [0, 0.05) is 35.5 Å². The quantitative estimate of drug-likeness (QED) is 0.415. The van der Waals surface area contributed by atoms with Crippen molar-refractivity contribution >= 4 is 41.0 Å². The molecule has 0 aliphatic rings. The maximum Gasteiger partial charge on any atom is 0.283 e. The van der Waals surface area contributed by atoms with E-state index >= 15 is 0 Å². The largest absolute Gasteiger partial charge is 0.350 e. The standard InChI is InChI=1S/C22H18Cl2N6O/c23-18-9-3-1-6-15(18)13-26-21-28-22(27-14-16-7-2-4-10-19(16)24)30(29-21)20(31)17-8-5-11-25-12-17/h1-12H,13-14H2,(H2,26,27,28,29). The molecular weight excluding hydrogens is 435 g/mol. The number of nitrogens with zero attached hydrogens (tertiary/aromatic N) is 4. The number of pyridine rings is 1. The summed E-state index contributed by atoms with van der Waals surface area (Å²) in [7, 11) is 0. The second kappa shape index (κ2) is 9.59. The Morgan fingerprint density at radius 1 is 0.871 bits per heavy atom. The second-order valence-corrected chi connectivity index (χ2v) is 7.42. The predicted octanol–water partition coefficient (Wildman–Crippen LogP) is 4.89. The zero-order valence-electron chi connectivity index (χ0n) is 16.3. The van der Waals surface area contributed by atoms with Gasteiger partial charge >= 0.3 is 0 Å². The molecule has 4 rings (SSSR count). The SMILES string of the molecule is O=C(c1cccnc1)n1nc(NCc2ccccc2Cl)nc1NCc1ccccc1Cl. The van der Waals surface area contributed by atoms with Crippen LogP contribution in [0, 0.1) is 0 Å². The predicted molar refractivity (Wildman–Crippen MR) is 122 cm³/mol. The fraction of sp³-hybridized carbons (Fsp3) is 0.0909. The molecule has 2 aromatic carbocycles. The van der Waals surface area contributed by atoms with Crippen LogP contribution in [0.1, 0.15) is 21.5 Å². The summed E-state index contributed by atoms with van der Waals surface area (Å²) in [6.07, 6.45) is 3.09. The number of hydrogen-bond acceptors (Lipinski definition) is 6. The lowest BCUT2D eigenvalue weighted by atomic mass is 10.2. The van der Waals surface area contributed by atoms with Crippen molar-refractivity contribution in [2.75, 3.05) is 10.6 Å². The van der Waals surface area contributed by atoms with Crippen LogP contribution in [0.3, 0.4) is 0 Å². The number of carbonyl (C=O) groups excluding carboxylic acids is 1. The lowest BCUT2D eigenvalue weighted by Gasteiger charge is -2.08. The van der Waals surface area contributed by atoms with Gasteiger partial charge in [-0.3, -0.25) is 9.78 Å². The van der Waals surface area contributed by atoms with Crippen LogP contribution in [0.25, 0.3) is 0 Å². The molecule has 0 amide bonds. The van der Waals surface area contributed by atoms with Crippen LogP contribution in [0.2, 0.25) is 10.0 Å². The molecule has 156 valence electrons. The van der Waals surface area contributed by atoms with Crippen molar-refractivity contribution in [3.8, 4) is 0 Å². The summed E-state index contributed by atoms with van der Waals surface area (Å²) in [6, 6.07) is 18.3. The molecule has 7 nitrogen and oxygen atoms in total. The molecule has 0 aliphatic heterocycles. The molecule has 4 aromatic rings. The number of hydrogen-bond donors (Lipinski definition) is 2. The molecule has 0 unspecified atom stereocenters. The molecule has 0 aliphatic carbocycles. The maximum absolute atomic E-state index is 13.0. The summed E-state index contributed by atoms with van der Waals surface area (Å²) in [5, 5.41) is 11.9. The zero-order valence-corrected chi connectivity index (χ0v) is 17.8. The Bertz CT molecular complexity index is 1200. The lowest BCUT2D eigenvalue weighted by molar-refractivity contribution is 0.0947. The van der Waals surface area contributed by atoms with Crippen LogP contribution >= 0.6 is 23.2 Å². The highest BCUT2D eigenvalue weighted by atomic mass is 35.5. The lowest BCUT2D eigenvalue weighted by Crippen LogP contribution is -2.18. The van der Waals surface area contributed by atoms with E-state index in [1.807, 2.05) is 42.5 Å². The van der Waals surface area contributed by atoms with Gasteiger partial charge in [-0.1, -0.05) is 59.6 Å². The molecule has 9 heteroatoms. The van der Waals surface area contributed by atoms with E-state index in [1.54, 1.807) is 24.4 Å². The molecular formula is C22H18Cl2N6O. The third-order valence-corrected chi connectivity index (χ3v) is 5.24. The van der Waals surface area contributed by atoms with E-state index < -0.39 is 0 Å². The molecule has 2 heterocycles. The van der Waals surface area contributed by atoms with Gasteiger partial charge < -0.3 is 10.6 Å². The van der Waals surface area contributed by atoms with Crippen LogP contribution < -0.4 is 10.6 Å². The normalized spacial score (nSPS) is 10.6. The van der Waals surface area contributed by atoms with Gasteiger partial charge in [0.1, 0.15) is 0 Å². The van der Waals surface area contributed by atoms with Gasteiger partial charge in [0.25, 0.3) is 5.91 Å². The van der Waals surface area contributed by atoms with Gasteiger partial charge in [-0.15, -0.1) is 5.10 Å². The minimum absolute atomic E-state index is 0.287. The molecule has 0 atom stereocenters. The third-order valence-electron chi connectivity index (χ3n) is 4.50. The van der Waals surface area contributed by atoms with Gasteiger partial charge in [0.2, 0.25) is 11.9 Å². The highest BCUT2D eigenvalue weighted by Crippen LogP contribution is 2.19. The molecule has 2 N–H and O–H groups in total. The van der Waals surface area contributed by atoms with Gasteiger partial charge in [-0.2, -0.15) is 9.67 Å². The highest BCUT2D eigenvalue weighted by Gasteiger charge is 2.18. The molecule has 0 fully saturated rings. The first-order valence-electron chi connectivity index (χ1n) is 9.48. The van der Waals surface area contributed by atoms with Crippen LogP contribution in [-0.4, -0.2) is 25.7 Å². The molecule has 0 saturated carbocycles. The minimum Gasteiger partial charge on any atom is -0.350 e. The van der Waals surface area contributed by atoms with E-state index in [-0.39, 0.29) is 11.9 Å². The molecule has 0 spiro atoms. The van der Waals surface area contributed by atoms with Crippen molar-refractivity contribution in [1.29, 1.82) is 0 Å². The summed E-state index contributed by atoms with van der Waals surface area (Å²) >= 11 is 12.5. The number of aromatic nitrogens is 4. The summed E-state index contributed by atoms with van der Waals surface area (Å²) < 4.78 is 1.21. The number of carbonyl (C=O) groups is 1. The van der Waals surface area contributed by atoms with Crippen molar-refractivity contribution in [2.24, 2.45) is 0 Å². The monoisotopic (exact) mass is 452 g/mol. The van der Waals surface area contributed by atoms with Gasteiger partial charge in [0.05, 0.1) is 5.56 Å². The number of rotatable bonds is 7. The Labute approximate surface area is 189 Å². The van der Waals surface area contributed by atoms with Crippen LogP contribution in [-0.2, 0) is 13.1 Å². The Hall–Kier alpha value is -3.42. The fourth-order valence-electron chi connectivity index (χ4n) is 2.89. The molecule has 0 radical (unpaired) electrons. The first kappa shape index (κ1) is 20.8. The summed E-state index contributed by atoms with van der Waals surface area (Å²) in [5.41, 5.74) is 2.16. The third kappa shape index (κ3) is 5.02. The zero-order chi connectivity index (χ0) is 21.6. The first-order valence-corrected chi connectivity index (χ1v) is 10.2. The Morgan fingerprint density at radius 2 is 1.52 bits per heavy atom. The fourth-order valence-corrected chi connectivity index (χ4v) is 3.29. The van der Waals surface area contributed by atoms with E-state index in [2.05, 4.69) is 25.7 Å². The summed E-state index contributed by atoms with van der Waals surface area (Å²) in [6.45, 7) is 0.789. The Kier molecular flexibility index (Phi) is 6.45. The smallest absolute Gasteiger partial charge is 0.283 e. The molecule has 31 heavy (non-hydrogen) atoms. The van der Waals surface area contributed by atoms with Gasteiger partial charge in [-0.05, 0) is 35.4 Å². The van der Waals surface area contributed by atoms with E-state index in [0.717, 1.165) is 11.1 Å². The van der Waals surface area contributed by atoms with Crippen molar-refractivity contribution in [2.45, 2.75) is 13.1 Å². The topological polar surface area (TPSA) is 84.7 Å². The average molecular weight is 453 g/mol. The summed E-state index contributed by atoms with van der Waals surface area (Å²) in [5.74, 6) is 0.224. The number of halogens is 2. The number of anilines is 2.